The van der Waals surface area contributed by atoms with Crippen molar-refractivity contribution in [1.82, 2.24) is 10.2 Å². The van der Waals surface area contributed by atoms with Gasteiger partial charge in [0, 0.05) is 11.6 Å². The molecule has 1 aliphatic heterocycles. The molecule has 2 amide bonds. The average Bonchev–Trinajstić information content (AvgIpc) is 2.79. The Kier molecular flexibility index (Phi) is 4.87. The quantitative estimate of drug-likeness (QED) is 0.869. The molecule has 2 aliphatic rings. The minimum absolute atomic E-state index is 0.00995. The van der Waals surface area contributed by atoms with E-state index in [1.54, 1.807) is 17.0 Å². The summed E-state index contributed by atoms with van der Waals surface area (Å²) < 4.78 is 19.2. The Bertz CT molecular complexity index is 629. The molecule has 0 atom stereocenters. The van der Waals surface area contributed by atoms with Crippen molar-refractivity contribution in [2.45, 2.75) is 38.3 Å². The number of para-hydroxylation sites is 1. The third-order valence-corrected chi connectivity index (χ3v) is 4.71. The molecule has 1 saturated carbocycles. The summed E-state index contributed by atoms with van der Waals surface area (Å²) in [6.45, 7) is 0.918. The lowest BCUT2D eigenvalue weighted by atomic mass is 9.86. The monoisotopic (exact) mass is 336 g/mol. The van der Waals surface area contributed by atoms with Gasteiger partial charge in [-0.15, -0.1) is 0 Å². The second-order valence-corrected chi connectivity index (χ2v) is 6.33. The molecule has 1 aromatic rings. The molecule has 0 unspecified atom stereocenters. The predicted molar refractivity (Wildman–Crippen MR) is 84.2 cm³/mol. The first-order chi connectivity index (χ1) is 11.5. The lowest BCUT2D eigenvalue weighted by Crippen LogP contribution is -2.46. The Morgan fingerprint density at radius 3 is 2.71 bits per heavy atom. The number of hydrogen-bond donors (Lipinski definition) is 2. The fraction of sp³-hybridized carbons (Fsp3) is 0.529. The molecule has 0 aromatic heterocycles. The number of halogens is 1. The van der Waals surface area contributed by atoms with Crippen LogP contribution >= 0.6 is 0 Å². The first-order valence-corrected chi connectivity index (χ1v) is 8.23. The molecule has 7 heteroatoms. The molecule has 1 aliphatic carbocycles. The van der Waals surface area contributed by atoms with Crippen molar-refractivity contribution in [3.8, 4) is 5.75 Å². The van der Waals surface area contributed by atoms with E-state index in [-0.39, 0.29) is 30.3 Å². The van der Waals surface area contributed by atoms with Crippen LogP contribution < -0.4 is 10.1 Å². The molecule has 6 nitrogen and oxygen atoms in total. The zero-order valence-corrected chi connectivity index (χ0v) is 13.3. The average molecular weight is 336 g/mol. The number of carboxylic acids is 1. The molecule has 0 spiro atoms. The summed E-state index contributed by atoms with van der Waals surface area (Å²) >= 11 is 0. The zero-order chi connectivity index (χ0) is 17.1. The van der Waals surface area contributed by atoms with Crippen LogP contribution in [0.5, 0.6) is 5.75 Å². The summed E-state index contributed by atoms with van der Waals surface area (Å²) in [6, 6.07) is 4.47. The van der Waals surface area contributed by atoms with Gasteiger partial charge in [-0.05, 0) is 31.7 Å². The normalized spacial score (nSPS) is 23.6. The number of amides is 2. The first-order valence-electron chi connectivity index (χ1n) is 8.23. The van der Waals surface area contributed by atoms with Crippen molar-refractivity contribution >= 4 is 12.0 Å². The summed E-state index contributed by atoms with van der Waals surface area (Å²) in [5, 5.41) is 12.0. The third-order valence-electron chi connectivity index (χ3n) is 4.71. The van der Waals surface area contributed by atoms with E-state index in [4.69, 9.17) is 9.84 Å². The highest BCUT2D eigenvalue weighted by Crippen LogP contribution is 2.27. The number of nitrogens with zero attached hydrogens (tertiary/aromatic N) is 1. The summed E-state index contributed by atoms with van der Waals surface area (Å²) in [4.78, 5) is 25.1. The van der Waals surface area contributed by atoms with E-state index in [2.05, 4.69) is 5.32 Å². The van der Waals surface area contributed by atoms with Crippen molar-refractivity contribution in [2.75, 3.05) is 13.2 Å². The Hall–Kier alpha value is -2.31. The van der Waals surface area contributed by atoms with Crippen molar-refractivity contribution in [3.63, 3.8) is 0 Å². The molecule has 2 N–H and O–H groups in total. The fourth-order valence-electron chi connectivity index (χ4n) is 3.31. The van der Waals surface area contributed by atoms with E-state index < -0.39 is 11.8 Å². The molecular weight excluding hydrogens is 315 g/mol. The molecule has 1 fully saturated rings. The highest BCUT2D eigenvalue weighted by atomic mass is 19.1. The van der Waals surface area contributed by atoms with E-state index in [1.165, 1.54) is 6.07 Å². The van der Waals surface area contributed by atoms with Gasteiger partial charge in [0.05, 0.1) is 19.0 Å². The van der Waals surface area contributed by atoms with Crippen LogP contribution in [0.1, 0.15) is 31.2 Å². The third kappa shape index (κ3) is 3.60. The summed E-state index contributed by atoms with van der Waals surface area (Å²) in [5.74, 6) is -1.26. The van der Waals surface area contributed by atoms with Crippen LogP contribution in [-0.2, 0) is 11.3 Å². The maximum absolute atomic E-state index is 13.8. The Balaban J connectivity index is 1.59. The molecule has 130 valence electrons. The van der Waals surface area contributed by atoms with Gasteiger partial charge >= 0.3 is 12.0 Å². The zero-order valence-electron chi connectivity index (χ0n) is 13.3. The lowest BCUT2D eigenvalue weighted by molar-refractivity contribution is -0.142. The van der Waals surface area contributed by atoms with Crippen LogP contribution in [-0.4, -0.2) is 41.2 Å². The molecule has 0 bridgehead atoms. The molecule has 0 radical (unpaired) electrons. The van der Waals surface area contributed by atoms with Gasteiger partial charge in [0.15, 0.2) is 11.6 Å². The van der Waals surface area contributed by atoms with Crippen LogP contribution in [0.3, 0.4) is 0 Å². The van der Waals surface area contributed by atoms with Crippen molar-refractivity contribution < 1.29 is 23.8 Å². The second kappa shape index (κ2) is 7.07. The van der Waals surface area contributed by atoms with Crippen LogP contribution in [0.15, 0.2) is 18.2 Å². The van der Waals surface area contributed by atoms with Crippen molar-refractivity contribution in [2.24, 2.45) is 5.92 Å². The van der Waals surface area contributed by atoms with Gasteiger partial charge in [-0.25, -0.2) is 9.18 Å². The number of nitrogens with one attached hydrogen (secondary N) is 1. The summed E-state index contributed by atoms with van der Waals surface area (Å²) in [7, 11) is 0. The minimum Gasteiger partial charge on any atom is -0.488 e. The van der Waals surface area contributed by atoms with E-state index in [9.17, 15) is 14.0 Å². The lowest BCUT2D eigenvalue weighted by Gasteiger charge is -2.29. The van der Waals surface area contributed by atoms with Gasteiger partial charge in [-0.3, -0.25) is 4.79 Å². The smallest absolute Gasteiger partial charge is 0.318 e. The van der Waals surface area contributed by atoms with E-state index in [1.807, 2.05) is 0 Å². The summed E-state index contributed by atoms with van der Waals surface area (Å²) in [5.41, 5.74) is 0.650. The fourth-order valence-corrected chi connectivity index (χ4v) is 3.31. The van der Waals surface area contributed by atoms with Gasteiger partial charge in [0.2, 0.25) is 0 Å². The van der Waals surface area contributed by atoms with Crippen LogP contribution in [0.4, 0.5) is 9.18 Å². The maximum Gasteiger partial charge on any atom is 0.318 e. The minimum atomic E-state index is -0.761. The Labute approximate surface area is 139 Å². The second-order valence-electron chi connectivity index (χ2n) is 6.33. The number of aliphatic carboxylic acids is 1. The molecule has 1 heterocycles. The first kappa shape index (κ1) is 16.5. The topological polar surface area (TPSA) is 78.9 Å². The standard InChI is InChI=1S/C17H21FN2O4/c18-14-3-1-2-12-10-20(8-9-24-15(12)14)17(23)19-13-6-4-11(5-7-13)16(21)22/h1-3,11,13H,4-10H2,(H,19,23)(H,21,22). The van der Waals surface area contributed by atoms with Gasteiger partial charge in [0.25, 0.3) is 0 Å². The number of carbonyl (C=O) groups excluding carboxylic acids is 1. The van der Waals surface area contributed by atoms with E-state index in [0.29, 0.717) is 44.3 Å². The molecule has 1 aromatic carbocycles. The van der Waals surface area contributed by atoms with Gasteiger partial charge in [-0.2, -0.15) is 0 Å². The van der Waals surface area contributed by atoms with Crippen LogP contribution in [0.2, 0.25) is 0 Å². The predicted octanol–water partition coefficient (Wildman–Crippen LogP) is 2.37. The number of carbonyl (C=O) groups is 2. The molecule has 3 rings (SSSR count). The van der Waals surface area contributed by atoms with Gasteiger partial charge in [0.1, 0.15) is 6.61 Å². The van der Waals surface area contributed by atoms with E-state index >= 15 is 0 Å². The SMILES string of the molecule is O=C(O)C1CCC(NC(=O)N2CCOc3c(F)cccc3C2)CC1. The number of hydrogen-bond acceptors (Lipinski definition) is 3. The van der Waals surface area contributed by atoms with Crippen molar-refractivity contribution in [3.05, 3.63) is 29.6 Å². The van der Waals surface area contributed by atoms with Crippen molar-refractivity contribution in [1.29, 1.82) is 0 Å². The van der Waals surface area contributed by atoms with Gasteiger partial charge < -0.3 is 20.1 Å². The van der Waals surface area contributed by atoms with Gasteiger partial charge in [-0.1, -0.05) is 12.1 Å². The number of urea groups is 1. The van der Waals surface area contributed by atoms with Crippen LogP contribution in [0.25, 0.3) is 0 Å². The Morgan fingerprint density at radius 1 is 1.25 bits per heavy atom. The maximum atomic E-state index is 13.8. The highest BCUT2D eigenvalue weighted by Gasteiger charge is 2.28. The largest absolute Gasteiger partial charge is 0.488 e. The number of rotatable bonds is 2. The number of carboxylic acid groups (broad SMARTS) is 1. The number of benzene rings is 1. The Morgan fingerprint density at radius 2 is 2.00 bits per heavy atom. The highest BCUT2D eigenvalue weighted by molar-refractivity contribution is 5.75. The number of fused-ring (bicyclic) bond motifs is 1. The number of ether oxygens (including phenoxy) is 1. The summed E-state index contributed by atoms with van der Waals surface area (Å²) in [6.07, 6.45) is 2.49. The molecule has 0 saturated heterocycles. The van der Waals surface area contributed by atoms with Crippen LogP contribution in [0, 0.1) is 11.7 Å². The van der Waals surface area contributed by atoms with E-state index in [0.717, 1.165) is 0 Å². The molecular formula is C17H21FN2O4. The molecule has 24 heavy (non-hydrogen) atoms.